The third kappa shape index (κ3) is 4.04. The van der Waals surface area contributed by atoms with E-state index in [-0.39, 0.29) is 23.6 Å². The van der Waals surface area contributed by atoms with Gasteiger partial charge in [-0.3, -0.25) is 19.0 Å². The van der Waals surface area contributed by atoms with Gasteiger partial charge in [0.25, 0.3) is 5.56 Å². The van der Waals surface area contributed by atoms with Crippen LogP contribution >= 0.6 is 11.6 Å². The molecule has 0 saturated carbocycles. The summed E-state index contributed by atoms with van der Waals surface area (Å²) in [6.45, 7) is 2.97. The van der Waals surface area contributed by atoms with Crippen LogP contribution in [-0.2, 0) is 16.1 Å². The second-order valence-corrected chi connectivity index (χ2v) is 7.70. The smallest absolute Gasteiger partial charge is 0.336 e. The zero-order chi connectivity index (χ0) is 22.1. The molecule has 3 aromatic rings. The minimum Gasteiger partial charge on any atom is -0.378 e. The van der Waals surface area contributed by atoms with Gasteiger partial charge in [-0.05, 0) is 49.4 Å². The van der Waals surface area contributed by atoms with E-state index in [9.17, 15) is 19.2 Å². The van der Waals surface area contributed by atoms with E-state index in [0.717, 1.165) is 4.57 Å². The van der Waals surface area contributed by atoms with Crippen molar-refractivity contribution < 1.29 is 14.3 Å². The summed E-state index contributed by atoms with van der Waals surface area (Å²) in [5.74, 6) is -0.371. The van der Waals surface area contributed by atoms with Gasteiger partial charge < -0.3 is 9.64 Å². The van der Waals surface area contributed by atoms with Crippen molar-refractivity contribution in [3.63, 3.8) is 0 Å². The Morgan fingerprint density at radius 2 is 1.71 bits per heavy atom. The first-order valence-corrected chi connectivity index (χ1v) is 10.2. The first kappa shape index (κ1) is 21.0. The number of ether oxygens (including phenoxy) is 1. The van der Waals surface area contributed by atoms with Gasteiger partial charge in [-0.2, -0.15) is 0 Å². The summed E-state index contributed by atoms with van der Waals surface area (Å²) >= 11 is 6.12. The summed E-state index contributed by atoms with van der Waals surface area (Å²) in [6.07, 6.45) is 0. The molecule has 0 spiro atoms. The molecule has 0 aliphatic carbocycles. The molecule has 1 fully saturated rings. The van der Waals surface area contributed by atoms with Gasteiger partial charge in [-0.1, -0.05) is 11.6 Å². The van der Waals surface area contributed by atoms with Crippen molar-refractivity contribution in [1.82, 2.24) is 14.0 Å². The lowest BCUT2D eigenvalue weighted by molar-refractivity contribution is -0.135. The van der Waals surface area contributed by atoms with Crippen molar-refractivity contribution in [2.75, 3.05) is 26.3 Å². The summed E-state index contributed by atoms with van der Waals surface area (Å²) in [6, 6.07) is 10.8. The molecule has 1 aliphatic rings. The van der Waals surface area contributed by atoms with Crippen LogP contribution < -0.4 is 11.2 Å². The number of benzene rings is 2. The van der Waals surface area contributed by atoms with Crippen LogP contribution in [0, 0.1) is 0 Å². The zero-order valence-electron chi connectivity index (χ0n) is 16.8. The molecule has 9 heteroatoms. The van der Waals surface area contributed by atoms with Gasteiger partial charge in [0.15, 0.2) is 5.78 Å². The Morgan fingerprint density at radius 3 is 2.35 bits per heavy atom. The number of aromatic nitrogens is 2. The molecule has 2 heterocycles. The second kappa shape index (κ2) is 8.49. The largest absolute Gasteiger partial charge is 0.378 e. The maximum absolute atomic E-state index is 13.4. The molecule has 160 valence electrons. The summed E-state index contributed by atoms with van der Waals surface area (Å²) in [5.41, 5.74) is -0.114. The Balaban J connectivity index is 1.88. The summed E-state index contributed by atoms with van der Waals surface area (Å²) in [7, 11) is 0. The number of hydrogen-bond donors (Lipinski definition) is 0. The number of halogens is 1. The monoisotopic (exact) mass is 441 g/mol. The third-order valence-electron chi connectivity index (χ3n) is 5.30. The van der Waals surface area contributed by atoms with E-state index in [1.165, 1.54) is 35.8 Å². The van der Waals surface area contributed by atoms with Crippen LogP contribution in [0.5, 0.6) is 0 Å². The fourth-order valence-electron chi connectivity index (χ4n) is 3.61. The molecule has 8 nitrogen and oxygen atoms in total. The summed E-state index contributed by atoms with van der Waals surface area (Å²) < 4.78 is 7.55. The fourth-order valence-corrected chi connectivity index (χ4v) is 3.78. The summed E-state index contributed by atoms with van der Waals surface area (Å²) in [5, 5.41) is 0.608. The van der Waals surface area contributed by atoms with Gasteiger partial charge in [0.05, 0.1) is 29.8 Å². The molecule has 0 unspecified atom stereocenters. The average Bonchev–Trinajstić information content (AvgIpc) is 2.77. The van der Waals surface area contributed by atoms with E-state index in [2.05, 4.69) is 0 Å². The molecular formula is C22H20ClN3O5. The maximum atomic E-state index is 13.4. The second-order valence-electron chi connectivity index (χ2n) is 7.27. The van der Waals surface area contributed by atoms with Crippen molar-refractivity contribution in [2.24, 2.45) is 0 Å². The highest BCUT2D eigenvalue weighted by Crippen LogP contribution is 2.17. The molecule has 4 rings (SSSR count). The number of Topliss-reactive ketones (excluding diaryl/α,β-unsaturated/α-hetero) is 1. The van der Waals surface area contributed by atoms with E-state index in [1.807, 2.05) is 0 Å². The fraction of sp³-hybridized carbons (Fsp3) is 0.273. The van der Waals surface area contributed by atoms with Crippen molar-refractivity contribution in [2.45, 2.75) is 13.5 Å². The molecule has 0 radical (unpaired) electrons. The predicted molar refractivity (Wildman–Crippen MR) is 116 cm³/mol. The first-order valence-electron chi connectivity index (χ1n) is 9.79. The lowest BCUT2D eigenvalue weighted by atomic mass is 10.1. The van der Waals surface area contributed by atoms with Gasteiger partial charge in [-0.15, -0.1) is 0 Å². The Kier molecular flexibility index (Phi) is 5.75. The van der Waals surface area contributed by atoms with Gasteiger partial charge in [0.1, 0.15) is 6.54 Å². The molecule has 0 N–H and O–H groups in total. The Labute approximate surface area is 182 Å². The van der Waals surface area contributed by atoms with Gasteiger partial charge >= 0.3 is 5.69 Å². The molecule has 1 saturated heterocycles. The lowest BCUT2D eigenvalue weighted by Crippen LogP contribution is -2.45. The van der Waals surface area contributed by atoms with Crippen LogP contribution in [0.2, 0.25) is 5.02 Å². The minimum absolute atomic E-state index is 0.124. The highest BCUT2D eigenvalue weighted by molar-refractivity contribution is 6.31. The van der Waals surface area contributed by atoms with Crippen molar-refractivity contribution in [3.05, 3.63) is 73.9 Å². The average molecular weight is 442 g/mol. The molecule has 0 atom stereocenters. The number of ketones is 1. The van der Waals surface area contributed by atoms with Crippen LogP contribution in [-0.4, -0.2) is 52.0 Å². The van der Waals surface area contributed by atoms with Crippen LogP contribution in [0.25, 0.3) is 16.6 Å². The number of nitrogens with zero attached hydrogens (tertiary/aromatic N) is 3. The summed E-state index contributed by atoms with van der Waals surface area (Å²) in [4.78, 5) is 52.6. The molecule has 1 aliphatic heterocycles. The zero-order valence-corrected chi connectivity index (χ0v) is 17.6. The number of carbonyl (C=O) groups excluding carboxylic acids is 2. The van der Waals surface area contributed by atoms with E-state index in [1.54, 1.807) is 23.1 Å². The van der Waals surface area contributed by atoms with E-state index in [0.29, 0.717) is 48.1 Å². The minimum atomic E-state index is -0.656. The number of morpholine rings is 1. The number of carbonyl (C=O) groups is 2. The van der Waals surface area contributed by atoms with Crippen molar-refractivity contribution in [3.8, 4) is 5.69 Å². The molecule has 1 aromatic heterocycles. The van der Waals surface area contributed by atoms with Crippen molar-refractivity contribution in [1.29, 1.82) is 0 Å². The molecule has 1 amide bonds. The topological polar surface area (TPSA) is 90.6 Å². The highest BCUT2D eigenvalue weighted by Gasteiger charge is 2.21. The van der Waals surface area contributed by atoms with Gasteiger partial charge in [0, 0.05) is 23.7 Å². The van der Waals surface area contributed by atoms with Crippen LogP contribution in [0.1, 0.15) is 17.3 Å². The molecular weight excluding hydrogens is 422 g/mol. The number of fused-ring (bicyclic) bond motifs is 1. The standard InChI is InChI=1S/C22H20ClN3O5/c1-14(27)15-2-5-17(6-3-15)26-21(29)18-7-4-16(23)12-19(18)25(22(26)30)13-20(28)24-8-10-31-11-9-24/h2-7,12H,8-11,13H2,1H3. The van der Waals surface area contributed by atoms with Gasteiger partial charge in [0.2, 0.25) is 5.91 Å². The highest BCUT2D eigenvalue weighted by atomic mass is 35.5. The van der Waals surface area contributed by atoms with E-state index in [4.69, 9.17) is 16.3 Å². The van der Waals surface area contributed by atoms with Crippen LogP contribution in [0.3, 0.4) is 0 Å². The third-order valence-corrected chi connectivity index (χ3v) is 5.53. The molecule has 0 bridgehead atoms. The number of hydrogen-bond acceptors (Lipinski definition) is 5. The Hall–Kier alpha value is -3.23. The first-order chi connectivity index (χ1) is 14.9. The maximum Gasteiger partial charge on any atom is 0.336 e. The van der Waals surface area contributed by atoms with E-state index >= 15 is 0 Å². The van der Waals surface area contributed by atoms with Crippen LogP contribution in [0.4, 0.5) is 0 Å². The van der Waals surface area contributed by atoms with Crippen LogP contribution in [0.15, 0.2) is 52.1 Å². The Bertz CT molecular complexity index is 1290. The lowest BCUT2D eigenvalue weighted by Gasteiger charge is -2.27. The van der Waals surface area contributed by atoms with Crippen molar-refractivity contribution >= 4 is 34.2 Å². The Morgan fingerprint density at radius 1 is 1.03 bits per heavy atom. The predicted octanol–water partition coefficient (Wildman–Crippen LogP) is 1.87. The molecule has 2 aromatic carbocycles. The number of rotatable bonds is 4. The normalized spacial score (nSPS) is 14.1. The van der Waals surface area contributed by atoms with Gasteiger partial charge in [-0.25, -0.2) is 9.36 Å². The number of amides is 1. The van der Waals surface area contributed by atoms with E-state index < -0.39 is 11.2 Å². The quantitative estimate of drug-likeness (QED) is 0.576. The SMILES string of the molecule is CC(=O)c1ccc(-n2c(=O)c3ccc(Cl)cc3n(CC(=O)N3CCOCC3)c2=O)cc1. The molecule has 31 heavy (non-hydrogen) atoms.